The summed E-state index contributed by atoms with van der Waals surface area (Å²) >= 11 is 0. The van der Waals surface area contributed by atoms with Crippen molar-refractivity contribution < 1.29 is 0 Å². The molecule has 0 spiro atoms. The smallest absolute Gasteiger partial charge is 0.112 e. The zero-order valence-corrected chi connectivity index (χ0v) is 12.0. The molecule has 0 amide bonds. The van der Waals surface area contributed by atoms with Gasteiger partial charge < -0.3 is 10.3 Å². The molecule has 1 unspecified atom stereocenters. The molecule has 0 bridgehead atoms. The molecule has 2 rings (SSSR count). The van der Waals surface area contributed by atoms with E-state index in [1.54, 1.807) is 0 Å². The van der Waals surface area contributed by atoms with Gasteiger partial charge in [0, 0.05) is 18.5 Å². The van der Waals surface area contributed by atoms with Gasteiger partial charge in [-0.2, -0.15) is 0 Å². The second-order valence-electron chi connectivity index (χ2n) is 5.50. The van der Waals surface area contributed by atoms with E-state index in [2.05, 4.69) is 51.3 Å². The van der Waals surface area contributed by atoms with E-state index in [-0.39, 0.29) is 6.04 Å². The van der Waals surface area contributed by atoms with E-state index in [1.165, 1.54) is 16.6 Å². The lowest BCUT2D eigenvalue weighted by atomic mass is 10.1. The Balaban J connectivity index is 2.77. The van der Waals surface area contributed by atoms with Crippen LogP contribution >= 0.6 is 0 Å². The van der Waals surface area contributed by atoms with Gasteiger partial charge in [-0.15, -0.1) is 0 Å². The molecule has 98 valence electrons. The van der Waals surface area contributed by atoms with Crippen LogP contribution in [0.5, 0.6) is 0 Å². The fourth-order valence-corrected chi connectivity index (χ4v) is 2.34. The lowest BCUT2D eigenvalue weighted by Gasteiger charge is -2.17. The first kappa shape index (κ1) is 13.1. The number of fused-ring (bicyclic) bond motifs is 1. The van der Waals surface area contributed by atoms with Crippen molar-refractivity contribution in [1.29, 1.82) is 0 Å². The van der Waals surface area contributed by atoms with Crippen molar-refractivity contribution in [3.05, 3.63) is 29.1 Å². The highest BCUT2D eigenvalue weighted by Gasteiger charge is 2.17. The van der Waals surface area contributed by atoms with Gasteiger partial charge in [0.15, 0.2) is 0 Å². The molecule has 2 aromatic rings. The minimum absolute atomic E-state index is 0.287. The fraction of sp³-hybridized carbons (Fsp3) is 0.533. The highest BCUT2D eigenvalue weighted by molar-refractivity contribution is 5.78. The Bertz CT molecular complexity index is 567. The number of imidazole rings is 1. The summed E-state index contributed by atoms with van der Waals surface area (Å²) < 4.78 is 2.30. The van der Waals surface area contributed by atoms with Gasteiger partial charge in [0.1, 0.15) is 5.82 Å². The lowest BCUT2D eigenvalue weighted by Crippen LogP contribution is -2.18. The van der Waals surface area contributed by atoms with E-state index < -0.39 is 0 Å². The highest BCUT2D eigenvalue weighted by Crippen LogP contribution is 2.27. The molecule has 18 heavy (non-hydrogen) atoms. The van der Waals surface area contributed by atoms with Crippen molar-refractivity contribution in [3.8, 4) is 0 Å². The summed E-state index contributed by atoms with van der Waals surface area (Å²) in [6.45, 7) is 11.4. The minimum Gasteiger partial charge on any atom is -0.328 e. The van der Waals surface area contributed by atoms with E-state index in [0.29, 0.717) is 12.5 Å². The van der Waals surface area contributed by atoms with Crippen molar-refractivity contribution in [2.75, 3.05) is 6.54 Å². The third-order valence-electron chi connectivity index (χ3n) is 3.63. The van der Waals surface area contributed by atoms with Crippen LogP contribution in [0.3, 0.4) is 0 Å². The zero-order valence-electron chi connectivity index (χ0n) is 12.0. The SMILES string of the molecule is Cc1cc2nc(C(C)C)n(C(C)CN)c2cc1C. The molecule has 0 aliphatic rings. The molecule has 1 aromatic heterocycles. The number of rotatable bonds is 3. The molecule has 3 heteroatoms. The molecule has 1 aromatic carbocycles. The van der Waals surface area contributed by atoms with Gasteiger partial charge in [-0.05, 0) is 44.0 Å². The maximum absolute atomic E-state index is 5.84. The van der Waals surface area contributed by atoms with Gasteiger partial charge in [-0.25, -0.2) is 4.98 Å². The third-order valence-corrected chi connectivity index (χ3v) is 3.63. The maximum Gasteiger partial charge on any atom is 0.112 e. The highest BCUT2D eigenvalue weighted by atomic mass is 15.1. The van der Waals surface area contributed by atoms with E-state index >= 15 is 0 Å². The van der Waals surface area contributed by atoms with Crippen LogP contribution in [-0.2, 0) is 0 Å². The number of nitrogens with zero attached hydrogens (tertiary/aromatic N) is 2. The molecule has 0 aliphatic heterocycles. The quantitative estimate of drug-likeness (QED) is 0.901. The summed E-state index contributed by atoms with van der Waals surface area (Å²) in [6, 6.07) is 4.70. The van der Waals surface area contributed by atoms with Gasteiger partial charge in [-0.3, -0.25) is 0 Å². The Kier molecular flexibility index (Phi) is 3.44. The van der Waals surface area contributed by atoms with E-state index in [0.717, 1.165) is 11.3 Å². The molecule has 1 atom stereocenters. The molecule has 3 nitrogen and oxygen atoms in total. The fourth-order valence-electron chi connectivity index (χ4n) is 2.34. The topological polar surface area (TPSA) is 43.8 Å². The van der Waals surface area contributed by atoms with Crippen LogP contribution in [0.2, 0.25) is 0 Å². The van der Waals surface area contributed by atoms with Crippen LogP contribution < -0.4 is 5.73 Å². The summed E-state index contributed by atoms with van der Waals surface area (Å²) in [4.78, 5) is 4.79. The molecular weight excluding hydrogens is 222 g/mol. The summed E-state index contributed by atoms with van der Waals surface area (Å²) in [6.07, 6.45) is 0. The standard InChI is InChI=1S/C15H23N3/c1-9(2)15-17-13-6-10(3)11(4)7-14(13)18(15)12(5)8-16/h6-7,9,12H,8,16H2,1-5H3. The molecule has 2 N–H and O–H groups in total. The predicted molar refractivity (Wildman–Crippen MR) is 77.1 cm³/mol. The first-order valence-electron chi connectivity index (χ1n) is 6.64. The number of hydrogen-bond donors (Lipinski definition) is 1. The van der Waals surface area contributed by atoms with Crippen molar-refractivity contribution in [1.82, 2.24) is 9.55 Å². The second kappa shape index (κ2) is 4.73. The number of hydrogen-bond acceptors (Lipinski definition) is 2. The van der Waals surface area contributed by atoms with Crippen molar-refractivity contribution in [2.45, 2.75) is 46.6 Å². The Labute approximate surface area is 109 Å². The molecular formula is C15H23N3. The van der Waals surface area contributed by atoms with E-state index in [9.17, 15) is 0 Å². The lowest BCUT2D eigenvalue weighted by molar-refractivity contribution is 0.533. The maximum atomic E-state index is 5.84. The first-order valence-corrected chi connectivity index (χ1v) is 6.64. The summed E-state index contributed by atoms with van der Waals surface area (Å²) in [5, 5.41) is 0. The van der Waals surface area contributed by atoms with E-state index in [1.807, 2.05) is 0 Å². The first-order chi connectivity index (χ1) is 8.45. The van der Waals surface area contributed by atoms with Crippen LogP contribution in [0.25, 0.3) is 11.0 Å². The van der Waals surface area contributed by atoms with Crippen LogP contribution in [-0.4, -0.2) is 16.1 Å². The van der Waals surface area contributed by atoms with Gasteiger partial charge in [0.05, 0.1) is 11.0 Å². The van der Waals surface area contributed by atoms with Gasteiger partial charge in [0.2, 0.25) is 0 Å². The van der Waals surface area contributed by atoms with Crippen molar-refractivity contribution in [3.63, 3.8) is 0 Å². The molecule has 0 aliphatic carbocycles. The average Bonchev–Trinajstić information content (AvgIpc) is 2.67. The average molecular weight is 245 g/mol. The Hall–Kier alpha value is -1.35. The summed E-state index contributed by atoms with van der Waals surface area (Å²) in [5.41, 5.74) is 10.7. The summed E-state index contributed by atoms with van der Waals surface area (Å²) in [7, 11) is 0. The zero-order chi connectivity index (χ0) is 13.4. The second-order valence-corrected chi connectivity index (χ2v) is 5.50. The third kappa shape index (κ3) is 2.03. The molecule has 1 heterocycles. The molecule has 0 radical (unpaired) electrons. The summed E-state index contributed by atoms with van der Waals surface area (Å²) in [5.74, 6) is 1.54. The van der Waals surface area contributed by atoms with Crippen LogP contribution in [0.15, 0.2) is 12.1 Å². The Morgan fingerprint density at radius 3 is 2.33 bits per heavy atom. The monoisotopic (exact) mass is 245 g/mol. The van der Waals surface area contributed by atoms with E-state index in [4.69, 9.17) is 10.7 Å². The van der Waals surface area contributed by atoms with Crippen LogP contribution in [0.1, 0.15) is 49.7 Å². The number of aryl methyl sites for hydroxylation is 2. The van der Waals surface area contributed by atoms with Crippen LogP contribution in [0, 0.1) is 13.8 Å². The van der Waals surface area contributed by atoms with Gasteiger partial charge >= 0.3 is 0 Å². The van der Waals surface area contributed by atoms with Crippen LogP contribution in [0.4, 0.5) is 0 Å². The molecule has 0 fully saturated rings. The molecule has 0 saturated carbocycles. The minimum atomic E-state index is 0.287. The predicted octanol–water partition coefficient (Wildman–Crippen LogP) is 3.30. The van der Waals surface area contributed by atoms with Gasteiger partial charge in [0.25, 0.3) is 0 Å². The van der Waals surface area contributed by atoms with Crippen molar-refractivity contribution in [2.24, 2.45) is 5.73 Å². The van der Waals surface area contributed by atoms with Crippen molar-refractivity contribution >= 4 is 11.0 Å². The molecule has 0 saturated heterocycles. The van der Waals surface area contributed by atoms with Gasteiger partial charge in [-0.1, -0.05) is 13.8 Å². The Morgan fingerprint density at radius 2 is 1.78 bits per heavy atom. The largest absolute Gasteiger partial charge is 0.328 e. The normalized spacial score (nSPS) is 13.5. The number of nitrogens with two attached hydrogens (primary N) is 1. The number of benzene rings is 1. The Morgan fingerprint density at radius 1 is 1.17 bits per heavy atom. The number of aromatic nitrogens is 2.